The first-order valence-corrected chi connectivity index (χ1v) is 5.68. The van der Waals surface area contributed by atoms with E-state index in [9.17, 15) is 8.42 Å². The van der Waals surface area contributed by atoms with Crippen LogP contribution in [0, 0.1) is 0 Å². The molecule has 0 aromatic carbocycles. The average Bonchev–Trinajstić information content (AvgIpc) is 2.14. The van der Waals surface area contributed by atoms with E-state index in [1.54, 1.807) is 0 Å². The van der Waals surface area contributed by atoms with Crippen LogP contribution in [0.4, 0.5) is 0 Å². The molecule has 0 aliphatic heterocycles. The predicted molar refractivity (Wildman–Crippen MR) is 48.7 cm³/mol. The quantitative estimate of drug-likeness (QED) is 0.155. The van der Waals surface area contributed by atoms with E-state index in [1.165, 1.54) is 0 Å². The van der Waals surface area contributed by atoms with Gasteiger partial charge in [-0.1, -0.05) is 5.04 Å². The molecule has 11 heteroatoms. The highest BCUT2D eigenvalue weighted by Gasteiger charge is 2.02. The summed E-state index contributed by atoms with van der Waals surface area (Å²) < 4.78 is 40.8. The Kier molecular flexibility index (Phi) is 9.27. The zero-order valence-electron chi connectivity index (χ0n) is 7.49. The van der Waals surface area contributed by atoms with Crippen molar-refractivity contribution in [1.82, 2.24) is 5.32 Å². The molecule has 0 aromatic rings. The summed E-state index contributed by atoms with van der Waals surface area (Å²) in [6.07, 6.45) is 0. The summed E-state index contributed by atoms with van der Waals surface area (Å²) >= 11 is 0.442. The lowest BCUT2D eigenvalue weighted by Crippen LogP contribution is -2.24. The van der Waals surface area contributed by atoms with Crippen molar-refractivity contribution < 1.29 is 36.0 Å². The van der Waals surface area contributed by atoms with Crippen molar-refractivity contribution in [2.24, 2.45) is 0 Å². The summed E-state index contributed by atoms with van der Waals surface area (Å²) in [7, 11) is -4.37. The molecule has 0 spiro atoms. The molecule has 92 valence electrons. The highest BCUT2D eigenvalue weighted by atomic mass is 32.3. The zero-order valence-corrected chi connectivity index (χ0v) is 9.12. The summed E-state index contributed by atoms with van der Waals surface area (Å²) in [4.78, 5) is 0. The largest absolute Gasteiger partial charge is 0.397 e. The number of rotatable bonds is 10. The lowest BCUT2D eigenvalue weighted by Gasteiger charge is -2.03. The van der Waals surface area contributed by atoms with Gasteiger partial charge in [-0.25, -0.2) is 9.44 Å². The van der Waals surface area contributed by atoms with Crippen LogP contribution in [-0.2, 0) is 28.1 Å². The van der Waals surface area contributed by atoms with Gasteiger partial charge >= 0.3 is 10.4 Å². The van der Waals surface area contributed by atoms with Crippen LogP contribution >= 0.6 is 12.3 Å². The van der Waals surface area contributed by atoms with Gasteiger partial charge in [-0.05, 0) is 0 Å². The van der Waals surface area contributed by atoms with Crippen LogP contribution < -0.4 is 5.32 Å². The average molecular weight is 265 g/mol. The van der Waals surface area contributed by atoms with Crippen molar-refractivity contribution in [1.29, 1.82) is 0 Å². The second-order valence-electron chi connectivity index (χ2n) is 2.03. The number of hydrogen-bond donors (Lipinski definition) is 3. The maximum atomic E-state index is 10.1. The van der Waals surface area contributed by atoms with E-state index in [1.807, 2.05) is 0 Å². The van der Waals surface area contributed by atoms with Crippen molar-refractivity contribution >= 4 is 22.7 Å². The maximum absolute atomic E-state index is 10.1. The van der Waals surface area contributed by atoms with Crippen LogP contribution in [0.15, 0.2) is 0 Å². The van der Waals surface area contributed by atoms with Crippen LogP contribution in [-0.4, -0.2) is 44.5 Å². The number of hydrogen-bond acceptors (Lipinski definition) is 9. The molecular weight excluding hydrogens is 254 g/mol. The molecule has 0 amide bonds. The molecule has 0 saturated heterocycles. The summed E-state index contributed by atoms with van der Waals surface area (Å²) in [6, 6.07) is 0. The van der Waals surface area contributed by atoms with Crippen LogP contribution in [0.3, 0.4) is 0 Å². The van der Waals surface area contributed by atoms with Crippen LogP contribution in [0.2, 0.25) is 0 Å². The van der Waals surface area contributed by atoms with E-state index in [2.05, 4.69) is 23.1 Å². The molecule has 3 N–H and O–H groups in total. The van der Waals surface area contributed by atoms with E-state index in [4.69, 9.17) is 9.81 Å². The molecule has 15 heavy (non-hydrogen) atoms. The van der Waals surface area contributed by atoms with Gasteiger partial charge < -0.3 is 5.32 Å². The Morgan fingerprint density at radius 3 is 2.53 bits per heavy atom. The molecule has 0 aliphatic carbocycles. The van der Waals surface area contributed by atoms with E-state index in [0.717, 1.165) is 0 Å². The molecule has 0 rings (SSSR count). The second kappa shape index (κ2) is 9.26. The summed E-state index contributed by atoms with van der Waals surface area (Å²) in [5.74, 6) is 0. The van der Waals surface area contributed by atoms with Gasteiger partial charge in [0.2, 0.25) is 0 Å². The standard InChI is InChI=1S/C4H11NO8S2/c6-12-13-14-10-3-1-5-2-4-11-15(7,8)9/h5-6H,1-4H2,(H,7,8,9). The van der Waals surface area contributed by atoms with Crippen molar-refractivity contribution in [3.05, 3.63) is 0 Å². The molecule has 9 nitrogen and oxygen atoms in total. The Labute approximate surface area is 90.9 Å². The maximum Gasteiger partial charge on any atom is 0.397 e. The molecule has 0 saturated carbocycles. The van der Waals surface area contributed by atoms with Crippen molar-refractivity contribution in [3.63, 3.8) is 0 Å². The minimum absolute atomic E-state index is 0.178. The summed E-state index contributed by atoms with van der Waals surface area (Å²) in [5, 5.41) is 13.6. The molecule has 0 unspecified atom stereocenters. The van der Waals surface area contributed by atoms with E-state index < -0.39 is 10.4 Å². The molecule has 0 fully saturated rings. The Morgan fingerprint density at radius 2 is 1.93 bits per heavy atom. The van der Waals surface area contributed by atoms with Gasteiger partial charge in [0.25, 0.3) is 0 Å². The van der Waals surface area contributed by atoms with Crippen molar-refractivity contribution in [2.75, 3.05) is 26.3 Å². The van der Waals surface area contributed by atoms with Crippen LogP contribution in [0.1, 0.15) is 0 Å². The fourth-order valence-corrected chi connectivity index (χ4v) is 1.03. The minimum Gasteiger partial charge on any atom is -0.312 e. The van der Waals surface area contributed by atoms with Gasteiger partial charge in [-0.2, -0.15) is 8.42 Å². The highest BCUT2D eigenvalue weighted by molar-refractivity contribution is 7.89. The first kappa shape index (κ1) is 15.0. The highest BCUT2D eigenvalue weighted by Crippen LogP contribution is 2.01. The molecule has 0 aliphatic rings. The van der Waals surface area contributed by atoms with Crippen LogP contribution in [0.5, 0.6) is 0 Å². The molecule has 0 heterocycles. The number of nitrogens with one attached hydrogen (secondary N) is 1. The smallest absolute Gasteiger partial charge is 0.312 e. The third kappa shape index (κ3) is 14.0. The monoisotopic (exact) mass is 265 g/mol. The van der Waals surface area contributed by atoms with Gasteiger partial charge in [0.15, 0.2) is 12.3 Å². The predicted octanol–water partition coefficient (Wildman–Crippen LogP) is -0.604. The first-order valence-electron chi connectivity index (χ1n) is 3.65. The molecule has 0 radical (unpaired) electrons. The Morgan fingerprint density at radius 1 is 1.27 bits per heavy atom. The van der Waals surface area contributed by atoms with Gasteiger partial charge in [-0.15, -0.1) is 4.33 Å². The lowest BCUT2D eigenvalue weighted by atomic mass is 10.6. The summed E-state index contributed by atoms with van der Waals surface area (Å²) in [5.41, 5.74) is 0. The van der Waals surface area contributed by atoms with E-state index >= 15 is 0 Å². The fourth-order valence-electron chi connectivity index (χ4n) is 0.524. The van der Waals surface area contributed by atoms with Gasteiger partial charge in [-0.3, -0.25) is 8.74 Å². The summed E-state index contributed by atoms with van der Waals surface area (Å²) in [6.45, 7) is 0.684. The van der Waals surface area contributed by atoms with Gasteiger partial charge in [0.1, 0.15) is 0 Å². The Hall–Kier alpha value is 0.0200. The van der Waals surface area contributed by atoms with E-state index in [0.29, 0.717) is 18.9 Å². The van der Waals surface area contributed by atoms with Crippen molar-refractivity contribution in [3.8, 4) is 0 Å². The van der Waals surface area contributed by atoms with Crippen LogP contribution in [0.25, 0.3) is 0 Å². The van der Waals surface area contributed by atoms with Crippen molar-refractivity contribution in [2.45, 2.75) is 0 Å². The lowest BCUT2D eigenvalue weighted by molar-refractivity contribution is -0.434. The molecule has 0 bridgehead atoms. The first-order chi connectivity index (χ1) is 7.06. The van der Waals surface area contributed by atoms with E-state index in [-0.39, 0.29) is 19.8 Å². The fraction of sp³-hybridized carbons (Fsp3) is 1.00. The third-order valence-electron chi connectivity index (χ3n) is 0.980. The minimum atomic E-state index is -4.37. The zero-order chi connectivity index (χ0) is 11.6. The van der Waals surface area contributed by atoms with Gasteiger partial charge in [0, 0.05) is 13.1 Å². The Balaban J connectivity index is 3.06. The molecule has 0 aromatic heterocycles. The molecule has 0 atom stereocenters. The second-order valence-corrected chi connectivity index (χ2v) is 3.63. The molecular formula is C4H11NO8S2. The topological polar surface area (TPSA) is 124 Å². The Bertz CT molecular complexity index is 231. The third-order valence-corrected chi connectivity index (χ3v) is 1.82. The van der Waals surface area contributed by atoms with Gasteiger partial charge in [0.05, 0.1) is 13.2 Å². The normalized spacial score (nSPS) is 11.9. The SMILES string of the molecule is O=S(=O)(O)OCCNCCOSOOO.